The molecule has 1 fully saturated rings. The summed E-state index contributed by atoms with van der Waals surface area (Å²) < 4.78 is 12.4. The van der Waals surface area contributed by atoms with Crippen molar-refractivity contribution in [2.45, 2.75) is 32.4 Å². The number of aromatic nitrogens is 3. The minimum atomic E-state index is -0.133. The maximum Gasteiger partial charge on any atom is 0.252 e. The summed E-state index contributed by atoms with van der Waals surface area (Å²) in [7, 11) is 0. The fourth-order valence-corrected chi connectivity index (χ4v) is 2.84. The number of carbonyl (C=O) groups is 1. The Morgan fingerprint density at radius 2 is 2.22 bits per heavy atom. The van der Waals surface area contributed by atoms with Crippen molar-refractivity contribution in [3.05, 3.63) is 35.9 Å². The van der Waals surface area contributed by atoms with Crippen LogP contribution in [0.3, 0.4) is 0 Å². The molecule has 0 bridgehead atoms. The summed E-state index contributed by atoms with van der Waals surface area (Å²) in [6.07, 6.45) is 3.74. The molecule has 2 heterocycles. The van der Waals surface area contributed by atoms with Gasteiger partial charge in [0.05, 0.1) is 6.04 Å². The summed E-state index contributed by atoms with van der Waals surface area (Å²) in [6.45, 7) is 2.95. The van der Waals surface area contributed by atoms with E-state index < -0.39 is 0 Å². The van der Waals surface area contributed by atoms with E-state index in [9.17, 15) is 4.79 Å². The Bertz CT molecular complexity index is 739. The molecule has 1 amide bonds. The molecule has 2 aliphatic rings. The van der Waals surface area contributed by atoms with Crippen LogP contribution in [0.15, 0.2) is 24.5 Å². The Morgan fingerprint density at radius 3 is 3.00 bits per heavy atom. The number of nitrogens with one attached hydrogen (secondary N) is 1. The summed E-state index contributed by atoms with van der Waals surface area (Å²) in [5.41, 5.74) is 0.558. The summed E-state index contributed by atoms with van der Waals surface area (Å²) in [4.78, 5) is 17.0. The Kier molecular flexibility index (Phi) is 3.40. The second-order valence-electron chi connectivity index (χ2n) is 5.79. The van der Waals surface area contributed by atoms with Gasteiger partial charge in [-0.15, -0.1) is 0 Å². The van der Waals surface area contributed by atoms with E-state index in [0.717, 1.165) is 25.2 Å². The number of hydrogen-bond donors (Lipinski definition) is 1. The van der Waals surface area contributed by atoms with Gasteiger partial charge in [0, 0.05) is 12.1 Å². The molecule has 120 valence electrons. The minimum absolute atomic E-state index is 0.102. The van der Waals surface area contributed by atoms with Gasteiger partial charge >= 0.3 is 0 Å². The van der Waals surface area contributed by atoms with Gasteiger partial charge in [-0.3, -0.25) is 4.79 Å². The molecule has 4 rings (SSSR count). The molecule has 1 atom stereocenters. The number of aryl methyl sites for hydroxylation is 1. The SMILES string of the molecule is CCn1ncnc1[C@H](NC(=O)c1ccc2c(c1)OCO2)C1CC1. The zero-order chi connectivity index (χ0) is 15.8. The van der Waals surface area contributed by atoms with Crippen molar-refractivity contribution < 1.29 is 14.3 Å². The number of benzene rings is 1. The highest BCUT2D eigenvalue weighted by atomic mass is 16.7. The first kappa shape index (κ1) is 14.0. The second kappa shape index (κ2) is 5.57. The number of nitrogens with zero attached hydrogens (tertiary/aromatic N) is 3. The normalized spacial score (nSPS) is 17.1. The number of fused-ring (bicyclic) bond motifs is 1. The van der Waals surface area contributed by atoms with Crippen LogP contribution >= 0.6 is 0 Å². The van der Waals surface area contributed by atoms with Gasteiger partial charge in [-0.1, -0.05) is 0 Å². The van der Waals surface area contributed by atoms with Gasteiger partial charge < -0.3 is 14.8 Å². The fraction of sp³-hybridized carbons (Fsp3) is 0.438. The highest BCUT2D eigenvalue weighted by Crippen LogP contribution is 2.40. The van der Waals surface area contributed by atoms with E-state index in [1.54, 1.807) is 24.5 Å². The largest absolute Gasteiger partial charge is 0.454 e. The van der Waals surface area contributed by atoms with Crippen molar-refractivity contribution in [3.8, 4) is 11.5 Å². The van der Waals surface area contributed by atoms with Crippen LogP contribution in [-0.2, 0) is 6.54 Å². The van der Waals surface area contributed by atoms with E-state index in [1.807, 2.05) is 11.6 Å². The van der Waals surface area contributed by atoms with Crippen molar-refractivity contribution >= 4 is 5.91 Å². The zero-order valence-electron chi connectivity index (χ0n) is 12.9. The quantitative estimate of drug-likeness (QED) is 0.912. The van der Waals surface area contributed by atoms with Crippen molar-refractivity contribution in [3.63, 3.8) is 0 Å². The molecule has 1 aromatic carbocycles. The average Bonchev–Trinajstić information content (AvgIpc) is 3.12. The molecule has 23 heavy (non-hydrogen) atoms. The molecule has 1 aliphatic heterocycles. The number of rotatable bonds is 5. The van der Waals surface area contributed by atoms with Gasteiger partial charge in [0.2, 0.25) is 6.79 Å². The first-order chi connectivity index (χ1) is 11.3. The monoisotopic (exact) mass is 314 g/mol. The smallest absolute Gasteiger partial charge is 0.252 e. The highest BCUT2D eigenvalue weighted by molar-refractivity contribution is 5.95. The lowest BCUT2D eigenvalue weighted by Gasteiger charge is -2.18. The summed E-state index contributed by atoms with van der Waals surface area (Å²) in [5.74, 6) is 2.40. The standard InChI is InChI=1S/C16H18N4O3/c1-2-20-15(17-8-18-20)14(10-3-4-10)19-16(21)11-5-6-12-13(7-11)23-9-22-12/h5-8,10,14H,2-4,9H2,1H3,(H,19,21)/t14-/m1/s1. The van der Waals surface area contributed by atoms with Crippen molar-refractivity contribution in [1.29, 1.82) is 0 Å². The van der Waals surface area contributed by atoms with Gasteiger partial charge in [0.25, 0.3) is 5.91 Å². The molecule has 7 heteroatoms. The zero-order valence-corrected chi connectivity index (χ0v) is 12.9. The number of amides is 1. The first-order valence-corrected chi connectivity index (χ1v) is 7.84. The number of ether oxygens (including phenoxy) is 2. The topological polar surface area (TPSA) is 78.3 Å². The van der Waals surface area contributed by atoms with Crippen LogP contribution in [0.2, 0.25) is 0 Å². The molecule has 0 spiro atoms. The molecule has 1 N–H and O–H groups in total. The predicted octanol–water partition coefficient (Wildman–Crippen LogP) is 1.91. The lowest BCUT2D eigenvalue weighted by molar-refractivity contribution is 0.0928. The molecule has 0 unspecified atom stereocenters. The first-order valence-electron chi connectivity index (χ1n) is 7.84. The van der Waals surface area contributed by atoms with E-state index in [2.05, 4.69) is 15.4 Å². The molecule has 7 nitrogen and oxygen atoms in total. The summed E-state index contributed by atoms with van der Waals surface area (Å²) in [5, 5.41) is 7.32. The van der Waals surface area contributed by atoms with Crippen LogP contribution in [0, 0.1) is 5.92 Å². The summed E-state index contributed by atoms with van der Waals surface area (Å²) >= 11 is 0. The van der Waals surface area contributed by atoms with Crippen LogP contribution in [0.1, 0.15) is 42.0 Å². The third kappa shape index (κ3) is 2.62. The van der Waals surface area contributed by atoms with Crippen LogP contribution in [0.4, 0.5) is 0 Å². The van der Waals surface area contributed by atoms with Gasteiger partial charge in [-0.25, -0.2) is 9.67 Å². The molecule has 1 saturated carbocycles. The van der Waals surface area contributed by atoms with Crippen molar-refractivity contribution in [1.82, 2.24) is 20.1 Å². The Hall–Kier alpha value is -2.57. The lowest BCUT2D eigenvalue weighted by atomic mass is 10.1. The van der Waals surface area contributed by atoms with Gasteiger partial charge in [0.1, 0.15) is 12.2 Å². The Balaban J connectivity index is 1.56. The van der Waals surface area contributed by atoms with E-state index in [-0.39, 0.29) is 18.7 Å². The third-order valence-electron chi connectivity index (χ3n) is 4.24. The molecule has 0 saturated heterocycles. The lowest BCUT2D eigenvalue weighted by Crippen LogP contribution is -2.32. The molecular weight excluding hydrogens is 296 g/mol. The number of hydrogen-bond acceptors (Lipinski definition) is 5. The van der Waals surface area contributed by atoms with Gasteiger partial charge in [-0.05, 0) is 43.9 Å². The van der Waals surface area contributed by atoms with E-state index in [4.69, 9.17) is 9.47 Å². The Labute approximate surface area is 133 Å². The Morgan fingerprint density at radius 1 is 1.39 bits per heavy atom. The fourth-order valence-electron chi connectivity index (χ4n) is 2.84. The second-order valence-corrected chi connectivity index (χ2v) is 5.79. The summed E-state index contributed by atoms with van der Waals surface area (Å²) in [6, 6.07) is 5.12. The predicted molar refractivity (Wildman–Crippen MR) is 81.2 cm³/mol. The maximum atomic E-state index is 12.6. The van der Waals surface area contributed by atoms with E-state index >= 15 is 0 Å². The van der Waals surface area contributed by atoms with Crippen molar-refractivity contribution in [2.75, 3.05) is 6.79 Å². The van der Waals surface area contributed by atoms with Crippen LogP contribution in [0.5, 0.6) is 11.5 Å². The highest BCUT2D eigenvalue weighted by Gasteiger charge is 2.36. The third-order valence-corrected chi connectivity index (χ3v) is 4.24. The van der Waals surface area contributed by atoms with Crippen LogP contribution in [-0.4, -0.2) is 27.5 Å². The molecule has 1 aromatic heterocycles. The maximum absolute atomic E-state index is 12.6. The van der Waals surface area contributed by atoms with Crippen molar-refractivity contribution in [2.24, 2.45) is 5.92 Å². The van der Waals surface area contributed by atoms with E-state index in [0.29, 0.717) is 23.0 Å². The molecule has 0 radical (unpaired) electrons. The van der Waals surface area contributed by atoms with Crippen LogP contribution < -0.4 is 14.8 Å². The average molecular weight is 314 g/mol. The van der Waals surface area contributed by atoms with Gasteiger partial charge in [-0.2, -0.15) is 5.10 Å². The van der Waals surface area contributed by atoms with E-state index in [1.165, 1.54) is 0 Å². The van der Waals surface area contributed by atoms with Gasteiger partial charge in [0.15, 0.2) is 11.5 Å². The number of carbonyl (C=O) groups excluding carboxylic acids is 1. The molecule has 1 aliphatic carbocycles. The molecular formula is C16H18N4O3. The van der Waals surface area contributed by atoms with Crippen LogP contribution in [0.25, 0.3) is 0 Å². The minimum Gasteiger partial charge on any atom is -0.454 e. The molecule has 2 aromatic rings.